The quantitative estimate of drug-likeness (QED) is 0.882. The summed E-state index contributed by atoms with van der Waals surface area (Å²) in [6.45, 7) is 1.94. The smallest absolute Gasteiger partial charge is 0.295 e. The predicted molar refractivity (Wildman–Crippen MR) is 70.5 cm³/mol. The highest BCUT2D eigenvalue weighted by Crippen LogP contribution is 2.27. The van der Waals surface area contributed by atoms with Gasteiger partial charge >= 0.3 is 0 Å². The fraction of sp³-hybridized carbons (Fsp3) is 0.308. The molecule has 1 aromatic carbocycles. The topological polar surface area (TPSA) is 41.3 Å². The number of anilines is 2. The minimum atomic E-state index is 0.550. The Labute approximate surface area is 101 Å². The first-order chi connectivity index (χ1) is 8.11. The third-order valence-electron chi connectivity index (χ3n) is 2.66. The van der Waals surface area contributed by atoms with Gasteiger partial charge in [0.05, 0.1) is 5.69 Å². The van der Waals surface area contributed by atoms with E-state index < -0.39 is 0 Å². The molecule has 2 rings (SSSR count). The summed E-state index contributed by atoms with van der Waals surface area (Å²) >= 11 is 0. The third-order valence-corrected chi connectivity index (χ3v) is 2.66. The second-order valence-electron chi connectivity index (χ2n) is 4.12. The normalized spacial score (nSPS) is 10.4. The molecule has 1 N–H and O–H groups in total. The Bertz CT molecular complexity index is 500. The van der Waals surface area contributed by atoms with E-state index in [2.05, 4.69) is 27.3 Å². The van der Waals surface area contributed by atoms with Gasteiger partial charge in [-0.25, -0.2) is 0 Å². The van der Waals surface area contributed by atoms with Crippen molar-refractivity contribution in [1.82, 2.24) is 4.98 Å². The fourth-order valence-electron chi connectivity index (χ4n) is 1.68. The Hall–Kier alpha value is -1.97. The summed E-state index contributed by atoms with van der Waals surface area (Å²) in [4.78, 5) is 6.34. The van der Waals surface area contributed by atoms with Crippen molar-refractivity contribution in [2.24, 2.45) is 0 Å². The van der Waals surface area contributed by atoms with Crippen LogP contribution in [0.25, 0.3) is 11.3 Å². The summed E-state index contributed by atoms with van der Waals surface area (Å²) in [5.41, 5.74) is 3.11. The van der Waals surface area contributed by atoms with Crippen molar-refractivity contribution in [2.75, 3.05) is 31.4 Å². The van der Waals surface area contributed by atoms with Crippen LogP contribution in [0.2, 0.25) is 0 Å². The number of rotatable bonds is 3. The molecule has 0 fully saturated rings. The lowest BCUT2D eigenvalue weighted by Crippen LogP contribution is -2.07. The van der Waals surface area contributed by atoms with Crippen molar-refractivity contribution in [3.63, 3.8) is 0 Å². The summed E-state index contributed by atoms with van der Waals surface area (Å²) in [5, 5.41) is 2.90. The van der Waals surface area contributed by atoms with E-state index in [1.807, 2.05) is 33.2 Å². The van der Waals surface area contributed by atoms with Crippen molar-refractivity contribution in [1.29, 1.82) is 0 Å². The molecule has 0 radical (unpaired) electrons. The van der Waals surface area contributed by atoms with Crippen molar-refractivity contribution >= 4 is 11.7 Å². The van der Waals surface area contributed by atoms with Crippen LogP contribution in [0.15, 0.2) is 28.7 Å². The Morgan fingerprint density at radius 1 is 1.18 bits per heavy atom. The molecule has 0 saturated carbocycles. The summed E-state index contributed by atoms with van der Waals surface area (Å²) < 4.78 is 5.61. The van der Waals surface area contributed by atoms with Crippen LogP contribution in [-0.4, -0.2) is 26.1 Å². The molecule has 90 valence electrons. The maximum Gasteiger partial charge on any atom is 0.295 e. The van der Waals surface area contributed by atoms with Gasteiger partial charge in [0.15, 0.2) is 5.76 Å². The second-order valence-corrected chi connectivity index (χ2v) is 4.12. The van der Waals surface area contributed by atoms with E-state index in [4.69, 9.17) is 4.42 Å². The Balaban J connectivity index is 2.36. The van der Waals surface area contributed by atoms with Crippen LogP contribution >= 0.6 is 0 Å². The monoisotopic (exact) mass is 231 g/mol. The van der Waals surface area contributed by atoms with Crippen molar-refractivity contribution in [2.45, 2.75) is 6.92 Å². The molecule has 4 nitrogen and oxygen atoms in total. The van der Waals surface area contributed by atoms with Crippen molar-refractivity contribution in [3.05, 3.63) is 30.0 Å². The van der Waals surface area contributed by atoms with E-state index in [1.54, 1.807) is 7.05 Å². The maximum atomic E-state index is 5.61. The van der Waals surface area contributed by atoms with E-state index >= 15 is 0 Å². The first kappa shape index (κ1) is 11.5. The van der Waals surface area contributed by atoms with Gasteiger partial charge in [-0.05, 0) is 31.2 Å². The van der Waals surface area contributed by atoms with Crippen LogP contribution in [-0.2, 0) is 0 Å². The number of hydrogen-bond donors (Lipinski definition) is 1. The number of benzene rings is 1. The molecule has 0 bridgehead atoms. The number of oxazole rings is 1. The number of hydrogen-bond acceptors (Lipinski definition) is 4. The molecule has 0 atom stereocenters. The van der Waals surface area contributed by atoms with Crippen LogP contribution < -0.4 is 10.2 Å². The lowest BCUT2D eigenvalue weighted by Gasteiger charge is -2.12. The van der Waals surface area contributed by atoms with Gasteiger partial charge in [0.25, 0.3) is 6.01 Å². The zero-order valence-corrected chi connectivity index (χ0v) is 10.6. The van der Waals surface area contributed by atoms with Gasteiger partial charge < -0.3 is 14.6 Å². The lowest BCUT2D eigenvalue weighted by molar-refractivity contribution is 0.589. The molecule has 2 aromatic rings. The molecule has 0 aliphatic rings. The van der Waals surface area contributed by atoms with Gasteiger partial charge in [0, 0.05) is 32.4 Å². The minimum absolute atomic E-state index is 0.550. The van der Waals surface area contributed by atoms with Crippen LogP contribution in [0.5, 0.6) is 0 Å². The van der Waals surface area contributed by atoms with Crippen LogP contribution in [0.4, 0.5) is 11.7 Å². The lowest BCUT2D eigenvalue weighted by atomic mass is 10.1. The number of nitrogens with one attached hydrogen (secondary N) is 1. The van der Waals surface area contributed by atoms with E-state index in [0.717, 1.165) is 17.0 Å². The van der Waals surface area contributed by atoms with Gasteiger partial charge in [0.2, 0.25) is 0 Å². The predicted octanol–water partition coefficient (Wildman–Crippen LogP) is 2.76. The second kappa shape index (κ2) is 4.49. The van der Waals surface area contributed by atoms with Crippen LogP contribution in [0.3, 0.4) is 0 Å². The third kappa shape index (κ3) is 2.25. The summed E-state index contributed by atoms with van der Waals surface area (Å²) in [6, 6.07) is 8.77. The standard InChI is InChI=1S/C13H17N3O/c1-9-12(17-13(14-2)15-9)10-5-7-11(8-6-10)16(3)4/h5-8H,1-4H3,(H,14,15). The largest absolute Gasteiger partial charge is 0.423 e. The van der Waals surface area contributed by atoms with E-state index in [9.17, 15) is 0 Å². The number of nitrogens with zero attached hydrogens (tertiary/aromatic N) is 2. The Morgan fingerprint density at radius 3 is 2.29 bits per heavy atom. The fourth-order valence-corrected chi connectivity index (χ4v) is 1.68. The summed E-state index contributed by atoms with van der Waals surface area (Å²) in [5.74, 6) is 0.819. The van der Waals surface area contributed by atoms with Gasteiger partial charge in [-0.15, -0.1) is 0 Å². The molecule has 0 amide bonds. The highest BCUT2D eigenvalue weighted by atomic mass is 16.4. The average Bonchev–Trinajstić information content (AvgIpc) is 2.71. The van der Waals surface area contributed by atoms with Crippen molar-refractivity contribution in [3.8, 4) is 11.3 Å². The first-order valence-electron chi connectivity index (χ1n) is 5.54. The number of aryl methyl sites for hydroxylation is 1. The molecule has 17 heavy (non-hydrogen) atoms. The molecule has 0 aliphatic carbocycles. The number of aromatic nitrogens is 1. The average molecular weight is 231 g/mol. The molecule has 0 spiro atoms. The highest BCUT2D eigenvalue weighted by Gasteiger charge is 2.10. The van der Waals surface area contributed by atoms with Gasteiger partial charge in [-0.2, -0.15) is 4.98 Å². The van der Waals surface area contributed by atoms with E-state index in [0.29, 0.717) is 6.01 Å². The van der Waals surface area contributed by atoms with Crippen LogP contribution in [0.1, 0.15) is 5.69 Å². The highest BCUT2D eigenvalue weighted by molar-refractivity contribution is 5.64. The zero-order valence-electron chi connectivity index (χ0n) is 10.6. The molecule has 0 saturated heterocycles. The SMILES string of the molecule is CNc1nc(C)c(-c2ccc(N(C)C)cc2)o1. The molecule has 1 heterocycles. The van der Waals surface area contributed by atoms with Gasteiger partial charge in [-0.1, -0.05) is 0 Å². The Morgan fingerprint density at radius 2 is 1.82 bits per heavy atom. The van der Waals surface area contributed by atoms with Gasteiger partial charge in [-0.3, -0.25) is 0 Å². The van der Waals surface area contributed by atoms with Gasteiger partial charge in [0.1, 0.15) is 0 Å². The molecule has 1 aromatic heterocycles. The summed E-state index contributed by atoms with van der Waals surface area (Å²) in [6.07, 6.45) is 0. The van der Waals surface area contributed by atoms with E-state index in [1.165, 1.54) is 5.69 Å². The zero-order chi connectivity index (χ0) is 12.4. The van der Waals surface area contributed by atoms with E-state index in [-0.39, 0.29) is 0 Å². The maximum absolute atomic E-state index is 5.61. The molecule has 4 heteroatoms. The molecular formula is C13H17N3O. The molecule has 0 aliphatic heterocycles. The van der Waals surface area contributed by atoms with Crippen LogP contribution in [0, 0.1) is 6.92 Å². The molecular weight excluding hydrogens is 214 g/mol. The Kier molecular flexibility index (Phi) is 3.04. The van der Waals surface area contributed by atoms with Crippen molar-refractivity contribution < 1.29 is 4.42 Å². The molecule has 0 unspecified atom stereocenters. The summed E-state index contributed by atoms with van der Waals surface area (Å²) in [7, 11) is 5.84. The minimum Gasteiger partial charge on any atom is -0.423 e. The first-order valence-corrected chi connectivity index (χ1v) is 5.54.